The molecule has 1 saturated heterocycles. The van der Waals surface area contributed by atoms with Crippen molar-refractivity contribution in [2.24, 2.45) is 17.4 Å². The van der Waals surface area contributed by atoms with E-state index in [2.05, 4.69) is 0 Å². The van der Waals surface area contributed by atoms with Gasteiger partial charge in [-0.1, -0.05) is 10.9 Å². The molecule has 1 heterocycles. The Morgan fingerprint density at radius 3 is 2.55 bits per heavy atom. The number of rotatable bonds is 8. The van der Waals surface area contributed by atoms with Crippen molar-refractivity contribution < 1.29 is 23.7 Å². The van der Waals surface area contributed by atoms with E-state index in [1.54, 1.807) is 0 Å². The predicted molar refractivity (Wildman–Crippen MR) is 73.7 cm³/mol. The topological polar surface area (TPSA) is 153 Å². The minimum atomic E-state index is -3.94. The summed E-state index contributed by atoms with van der Waals surface area (Å²) < 4.78 is 25.4. The number of hydroxylamine groups is 1. The zero-order valence-electron chi connectivity index (χ0n) is 11.3. The first-order valence-corrected chi connectivity index (χ1v) is 7.97. The lowest BCUT2D eigenvalue weighted by Gasteiger charge is -2.21. The average Bonchev–Trinajstić information content (AvgIpc) is 2.71. The number of nitrogens with two attached hydrogens (primary N) is 2. The van der Waals surface area contributed by atoms with Gasteiger partial charge in [-0.3, -0.25) is 5.21 Å². The molecule has 1 aliphatic rings. The van der Waals surface area contributed by atoms with Gasteiger partial charge >= 0.3 is 17.3 Å². The van der Waals surface area contributed by atoms with Crippen molar-refractivity contribution >= 4 is 17.3 Å². The lowest BCUT2D eigenvalue weighted by molar-refractivity contribution is -0.000278. The van der Waals surface area contributed by atoms with Crippen LogP contribution in [0.15, 0.2) is 0 Å². The largest absolute Gasteiger partial charge is 0.451 e. The van der Waals surface area contributed by atoms with Crippen LogP contribution in [-0.4, -0.2) is 71.8 Å². The molecule has 2 atom stereocenters. The SMILES string of the molecule is NCCN(O)S(=O)(=O)N1C[C@H](CCCB(O)O)[C@@H](N)C1. The van der Waals surface area contributed by atoms with Crippen molar-refractivity contribution in [3.63, 3.8) is 0 Å². The lowest BCUT2D eigenvalue weighted by Crippen LogP contribution is -2.43. The zero-order valence-corrected chi connectivity index (χ0v) is 12.1. The smallest absolute Gasteiger partial charge is 0.427 e. The first-order chi connectivity index (χ1) is 9.28. The van der Waals surface area contributed by atoms with Crippen LogP contribution in [0.4, 0.5) is 0 Å². The van der Waals surface area contributed by atoms with Crippen LogP contribution >= 0.6 is 0 Å². The highest BCUT2D eigenvalue weighted by atomic mass is 32.2. The Hall–Kier alpha value is -0.265. The van der Waals surface area contributed by atoms with Crippen molar-refractivity contribution in [3.05, 3.63) is 0 Å². The Kier molecular flexibility index (Phi) is 6.81. The summed E-state index contributed by atoms with van der Waals surface area (Å²) in [5.74, 6) is -0.0604. The highest BCUT2D eigenvalue weighted by molar-refractivity contribution is 7.86. The second kappa shape index (κ2) is 7.66. The standard InChI is InChI=1S/C9H23BN4O5S/c11-4-5-14(17)20(18,19)13-6-8(9(12)7-13)2-1-3-10(15)16/h8-9,15-17H,1-7,11-12H2/t8-,9-/m0/s1. The second-order valence-corrected chi connectivity index (χ2v) is 6.83. The molecule has 1 fully saturated rings. The molecule has 9 nitrogen and oxygen atoms in total. The molecule has 1 rings (SSSR count). The van der Waals surface area contributed by atoms with E-state index in [4.69, 9.17) is 21.5 Å². The van der Waals surface area contributed by atoms with E-state index >= 15 is 0 Å². The second-order valence-electron chi connectivity index (χ2n) is 4.99. The van der Waals surface area contributed by atoms with Gasteiger partial charge in [-0.25, -0.2) is 0 Å². The number of nitrogens with zero attached hydrogens (tertiary/aromatic N) is 2. The van der Waals surface area contributed by atoms with E-state index in [0.717, 1.165) is 4.31 Å². The summed E-state index contributed by atoms with van der Waals surface area (Å²) in [5.41, 5.74) is 11.1. The van der Waals surface area contributed by atoms with Gasteiger partial charge in [-0.05, 0) is 18.7 Å². The maximum absolute atomic E-state index is 12.0. The van der Waals surface area contributed by atoms with Gasteiger partial charge in [-0.15, -0.1) is 0 Å². The molecule has 0 aromatic heterocycles. The molecule has 0 aromatic carbocycles. The highest BCUT2D eigenvalue weighted by Gasteiger charge is 2.39. The van der Waals surface area contributed by atoms with Gasteiger partial charge < -0.3 is 21.5 Å². The molecular formula is C9H23BN4O5S. The molecular weight excluding hydrogens is 287 g/mol. The fraction of sp³-hybridized carbons (Fsp3) is 1.00. The summed E-state index contributed by atoms with van der Waals surface area (Å²) in [6.45, 7) is 0.200. The fourth-order valence-electron chi connectivity index (χ4n) is 2.27. The molecule has 0 bridgehead atoms. The van der Waals surface area contributed by atoms with Crippen molar-refractivity contribution in [3.8, 4) is 0 Å². The van der Waals surface area contributed by atoms with Crippen molar-refractivity contribution in [2.75, 3.05) is 26.2 Å². The quantitative estimate of drug-likeness (QED) is 0.243. The van der Waals surface area contributed by atoms with Gasteiger partial charge in [0.15, 0.2) is 0 Å². The molecule has 20 heavy (non-hydrogen) atoms. The molecule has 1 aliphatic heterocycles. The minimum Gasteiger partial charge on any atom is -0.427 e. The maximum Gasteiger partial charge on any atom is 0.451 e. The summed E-state index contributed by atoms with van der Waals surface area (Å²) in [7, 11) is -5.30. The maximum atomic E-state index is 12.0. The van der Waals surface area contributed by atoms with Crippen LogP contribution in [0, 0.1) is 5.92 Å². The Balaban J connectivity index is 2.55. The molecule has 0 amide bonds. The van der Waals surface area contributed by atoms with E-state index < -0.39 is 17.3 Å². The van der Waals surface area contributed by atoms with E-state index in [1.165, 1.54) is 0 Å². The number of hydrogen-bond acceptors (Lipinski definition) is 7. The van der Waals surface area contributed by atoms with E-state index in [9.17, 15) is 13.6 Å². The highest BCUT2D eigenvalue weighted by Crippen LogP contribution is 2.24. The third kappa shape index (κ3) is 4.64. The lowest BCUT2D eigenvalue weighted by atomic mass is 9.82. The molecule has 118 valence electrons. The third-order valence-electron chi connectivity index (χ3n) is 3.41. The van der Waals surface area contributed by atoms with Crippen LogP contribution in [0.3, 0.4) is 0 Å². The number of hydrogen-bond donors (Lipinski definition) is 5. The van der Waals surface area contributed by atoms with Gasteiger partial charge in [0.1, 0.15) is 0 Å². The van der Waals surface area contributed by atoms with E-state index in [-0.39, 0.29) is 48.9 Å². The Bertz CT molecular complexity index is 396. The normalized spacial score (nSPS) is 24.5. The van der Waals surface area contributed by atoms with Gasteiger partial charge in [-0.2, -0.15) is 12.7 Å². The van der Waals surface area contributed by atoms with Crippen LogP contribution in [-0.2, 0) is 10.2 Å². The van der Waals surface area contributed by atoms with Crippen LogP contribution < -0.4 is 11.5 Å². The van der Waals surface area contributed by atoms with Crippen LogP contribution in [0.2, 0.25) is 6.32 Å². The first kappa shape index (κ1) is 17.8. The third-order valence-corrected chi connectivity index (χ3v) is 5.07. The molecule has 7 N–H and O–H groups in total. The molecule has 0 unspecified atom stereocenters. The summed E-state index contributed by atoms with van der Waals surface area (Å²) in [6, 6.07) is -0.327. The molecule has 0 radical (unpaired) electrons. The van der Waals surface area contributed by atoms with Gasteiger partial charge in [0, 0.05) is 25.7 Å². The monoisotopic (exact) mass is 310 g/mol. The summed E-state index contributed by atoms with van der Waals surface area (Å²) in [4.78, 5) is 0. The Morgan fingerprint density at radius 2 is 2.00 bits per heavy atom. The van der Waals surface area contributed by atoms with Crippen molar-refractivity contribution in [1.82, 2.24) is 8.77 Å². The predicted octanol–water partition coefficient (Wildman–Crippen LogP) is -2.61. The average molecular weight is 310 g/mol. The fourth-order valence-corrected chi connectivity index (χ4v) is 3.61. The molecule has 11 heteroatoms. The summed E-state index contributed by atoms with van der Waals surface area (Å²) >= 11 is 0. The first-order valence-electron chi connectivity index (χ1n) is 6.57. The van der Waals surface area contributed by atoms with Crippen LogP contribution in [0.25, 0.3) is 0 Å². The van der Waals surface area contributed by atoms with E-state index in [1.807, 2.05) is 0 Å². The van der Waals surface area contributed by atoms with Gasteiger partial charge in [0.25, 0.3) is 0 Å². The zero-order chi connectivity index (χ0) is 15.3. The molecule has 0 aliphatic carbocycles. The van der Waals surface area contributed by atoms with Crippen LogP contribution in [0.1, 0.15) is 12.8 Å². The summed E-state index contributed by atoms with van der Waals surface area (Å²) in [5, 5.41) is 27.0. The minimum absolute atomic E-state index is 0.0213. The van der Waals surface area contributed by atoms with Gasteiger partial charge in [0.2, 0.25) is 0 Å². The van der Waals surface area contributed by atoms with E-state index in [0.29, 0.717) is 12.8 Å². The Morgan fingerprint density at radius 1 is 1.35 bits per heavy atom. The molecule has 0 saturated carbocycles. The van der Waals surface area contributed by atoms with Crippen molar-refractivity contribution in [1.29, 1.82) is 0 Å². The van der Waals surface area contributed by atoms with Crippen molar-refractivity contribution in [2.45, 2.75) is 25.2 Å². The molecule has 0 aromatic rings. The summed E-state index contributed by atoms with van der Waals surface area (Å²) in [6.07, 6.45) is 1.39. The molecule has 0 spiro atoms. The van der Waals surface area contributed by atoms with Crippen LogP contribution in [0.5, 0.6) is 0 Å². The Labute approximate surface area is 119 Å². The van der Waals surface area contributed by atoms with Gasteiger partial charge in [0.05, 0.1) is 6.54 Å².